The molecule has 0 bridgehead atoms. The van der Waals surface area contributed by atoms with E-state index in [0.29, 0.717) is 11.4 Å². The molecule has 0 saturated carbocycles. The molecule has 0 aliphatic heterocycles. The van der Waals surface area contributed by atoms with Gasteiger partial charge in [-0.1, -0.05) is 18.2 Å². The first-order valence-electron chi connectivity index (χ1n) is 5.51. The largest absolute Gasteiger partial charge is 0.320 e. The second-order valence-electron chi connectivity index (χ2n) is 3.90. The van der Waals surface area contributed by atoms with Crippen molar-refractivity contribution in [3.8, 4) is 5.69 Å². The Kier molecular flexibility index (Phi) is 3.23. The highest BCUT2D eigenvalue weighted by molar-refractivity contribution is 5.88. The van der Waals surface area contributed by atoms with Crippen molar-refractivity contribution in [3.05, 3.63) is 52.7 Å². The zero-order valence-corrected chi connectivity index (χ0v) is 10.2. The van der Waals surface area contributed by atoms with Crippen molar-refractivity contribution in [1.29, 1.82) is 0 Å². The molecule has 5 heteroatoms. The van der Waals surface area contributed by atoms with Gasteiger partial charge in [0.2, 0.25) is 5.91 Å². The zero-order chi connectivity index (χ0) is 13.1. The van der Waals surface area contributed by atoms with Crippen LogP contribution in [0.15, 0.2) is 41.5 Å². The van der Waals surface area contributed by atoms with Gasteiger partial charge in [-0.2, -0.15) is 0 Å². The molecule has 1 aromatic heterocycles. The van der Waals surface area contributed by atoms with Gasteiger partial charge in [0.1, 0.15) is 12.0 Å². The van der Waals surface area contributed by atoms with E-state index in [9.17, 15) is 9.59 Å². The molecule has 0 aliphatic carbocycles. The van der Waals surface area contributed by atoms with Gasteiger partial charge < -0.3 is 5.32 Å². The molecule has 0 saturated heterocycles. The van der Waals surface area contributed by atoms with E-state index in [-0.39, 0.29) is 17.2 Å². The standard InChI is InChI=1S/C13H13N3O2/c1-9-12(15-10(2)17)13(18)16(8-14-9)11-6-4-3-5-7-11/h3-8H,1-2H3,(H,15,17). The van der Waals surface area contributed by atoms with Crippen molar-refractivity contribution in [1.82, 2.24) is 9.55 Å². The number of hydrogen-bond donors (Lipinski definition) is 1. The van der Waals surface area contributed by atoms with Crippen molar-refractivity contribution < 1.29 is 4.79 Å². The lowest BCUT2D eigenvalue weighted by Gasteiger charge is -2.09. The van der Waals surface area contributed by atoms with Crippen LogP contribution in [0.4, 0.5) is 5.69 Å². The Morgan fingerprint density at radius 3 is 2.56 bits per heavy atom. The van der Waals surface area contributed by atoms with Crippen LogP contribution in [0.25, 0.3) is 5.69 Å². The van der Waals surface area contributed by atoms with Gasteiger partial charge in [-0.25, -0.2) is 4.98 Å². The van der Waals surface area contributed by atoms with E-state index >= 15 is 0 Å². The number of anilines is 1. The topological polar surface area (TPSA) is 64.0 Å². The average Bonchev–Trinajstić information content (AvgIpc) is 2.35. The third-order valence-corrected chi connectivity index (χ3v) is 2.50. The van der Waals surface area contributed by atoms with E-state index < -0.39 is 0 Å². The van der Waals surface area contributed by atoms with Gasteiger partial charge in [-0.3, -0.25) is 14.2 Å². The normalized spacial score (nSPS) is 10.1. The lowest BCUT2D eigenvalue weighted by molar-refractivity contribution is -0.114. The number of aromatic nitrogens is 2. The molecular formula is C13H13N3O2. The summed E-state index contributed by atoms with van der Waals surface area (Å²) in [6.07, 6.45) is 1.46. The summed E-state index contributed by atoms with van der Waals surface area (Å²) in [6.45, 7) is 3.04. The minimum Gasteiger partial charge on any atom is -0.320 e. The van der Waals surface area contributed by atoms with Crippen LogP contribution in [0.2, 0.25) is 0 Å². The molecule has 1 heterocycles. The maximum absolute atomic E-state index is 12.2. The molecule has 0 fully saturated rings. The summed E-state index contributed by atoms with van der Waals surface area (Å²) in [7, 11) is 0. The van der Waals surface area contributed by atoms with E-state index in [1.807, 2.05) is 18.2 Å². The van der Waals surface area contributed by atoms with Crippen LogP contribution in [0, 0.1) is 6.92 Å². The van der Waals surface area contributed by atoms with Crippen molar-refractivity contribution in [2.24, 2.45) is 0 Å². The Morgan fingerprint density at radius 1 is 1.28 bits per heavy atom. The Hall–Kier alpha value is -2.43. The Labute approximate surface area is 104 Å². The van der Waals surface area contributed by atoms with Crippen LogP contribution in [-0.4, -0.2) is 15.5 Å². The maximum atomic E-state index is 12.2. The molecule has 0 spiro atoms. The minimum absolute atomic E-state index is 0.217. The number of hydrogen-bond acceptors (Lipinski definition) is 3. The van der Waals surface area contributed by atoms with Gasteiger partial charge in [0.05, 0.1) is 11.4 Å². The summed E-state index contributed by atoms with van der Waals surface area (Å²) in [5, 5.41) is 2.52. The highest BCUT2D eigenvalue weighted by Gasteiger charge is 2.10. The van der Waals surface area contributed by atoms with Gasteiger partial charge >= 0.3 is 0 Å². The number of amides is 1. The molecule has 1 amide bonds. The monoisotopic (exact) mass is 243 g/mol. The Morgan fingerprint density at radius 2 is 1.94 bits per heavy atom. The van der Waals surface area contributed by atoms with Gasteiger partial charge in [0, 0.05) is 6.92 Å². The van der Waals surface area contributed by atoms with Crippen LogP contribution in [0.3, 0.4) is 0 Å². The highest BCUT2D eigenvalue weighted by Crippen LogP contribution is 2.08. The van der Waals surface area contributed by atoms with Crippen molar-refractivity contribution >= 4 is 11.6 Å². The molecule has 0 radical (unpaired) electrons. The maximum Gasteiger partial charge on any atom is 0.281 e. The van der Waals surface area contributed by atoms with E-state index in [2.05, 4.69) is 10.3 Å². The van der Waals surface area contributed by atoms with Crippen molar-refractivity contribution in [3.63, 3.8) is 0 Å². The number of aryl methyl sites for hydroxylation is 1. The molecule has 1 aromatic carbocycles. The van der Waals surface area contributed by atoms with Gasteiger partial charge in [0.25, 0.3) is 5.56 Å². The lowest BCUT2D eigenvalue weighted by Crippen LogP contribution is -2.25. The first kappa shape index (κ1) is 12.0. The second-order valence-corrected chi connectivity index (χ2v) is 3.90. The molecule has 0 atom stereocenters. The van der Waals surface area contributed by atoms with Gasteiger partial charge in [0.15, 0.2) is 0 Å². The number of carbonyl (C=O) groups is 1. The Bertz CT molecular complexity index is 632. The second kappa shape index (κ2) is 4.83. The summed E-state index contributed by atoms with van der Waals surface area (Å²) in [5.74, 6) is -0.289. The quantitative estimate of drug-likeness (QED) is 0.869. The molecule has 2 rings (SSSR count). The van der Waals surface area contributed by atoms with Crippen LogP contribution >= 0.6 is 0 Å². The molecule has 92 valence electrons. The zero-order valence-electron chi connectivity index (χ0n) is 10.2. The summed E-state index contributed by atoms with van der Waals surface area (Å²) in [6, 6.07) is 9.14. The molecule has 5 nitrogen and oxygen atoms in total. The van der Waals surface area contributed by atoms with E-state index in [0.717, 1.165) is 0 Å². The number of nitrogens with zero attached hydrogens (tertiary/aromatic N) is 2. The first-order valence-corrected chi connectivity index (χ1v) is 5.51. The molecular weight excluding hydrogens is 230 g/mol. The summed E-state index contributed by atoms with van der Waals surface area (Å²) < 4.78 is 1.40. The van der Waals surface area contributed by atoms with E-state index in [1.54, 1.807) is 19.1 Å². The third-order valence-electron chi connectivity index (χ3n) is 2.50. The summed E-state index contributed by atoms with van der Waals surface area (Å²) in [5.41, 5.74) is 1.14. The fourth-order valence-electron chi connectivity index (χ4n) is 1.63. The molecule has 1 N–H and O–H groups in total. The fourth-order valence-corrected chi connectivity index (χ4v) is 1.63. The minimum atomic E-state index is -0.289. The van der Waals surface area contributed by atoms with Crippen LogP contribution in [-0.2, 0) is 4.79 Å². The SMILES string of the molecule is CC(=O)Nc1c(C)ncn(-c2ccccc2)c1=O. The molecule has 2 aromatic rings. The first-order chi connectivity index (χ1) is 8.59. The highest BCUT2D eigenvalue weighted by atomic mass is 16.2. The summed E-state index contributed by atoms with van der Waals surface area (Å²) in [4.78, 5) is 27.4. The predicted molar refractivity (Wildman–Crippen MR) is 68.9 cm³/mol. The predicted octanol–water partition coefficient (Wildman–Crippen LogP) is 1.50. The van der Waals surface area contributed by atoms with Gasteiger partial charge in [-0.05, 0) is 19.1 Å². The molecule has 0 aliphatic rings. The van der Waals surface area contributed by atoms with Crippen LogP contribution in [0.5, 0.6) is 0 Å². The number of benzene rings is 1. The lowest BCUT2D eigenvalue weighted by atomic mass is 10.3. The molecule has 0 unspecified atom stereocenters. The Balaban J connectivity index is 2.58. The average molecular weight is 243 g/mol. The third kappa shape index (κ3) is 2.29. The van der Waals surface area contributed by atoms with Crippen LogP contribution in [0.1, 0.15) is 12.6 Å². The van der Waals surface area contributed by atoms with E-state index in [4.69, 9.17) is 0 Å². The summed E-state index contributed by atoms with van der Waals surface area (Å²) >= 11 is 0. The van der Waals surface area contributed by atoms with Crippen LogP contribution < -0.4 is 10.9 Å². The molecule has 18 heavy (non-hydrogen) atoms. The smallest absolute Gasteiger partial charge is 0.281 e. The number of carbonyl (C=O) groups excluding carboxylic acids is 1. The number of nitrogens with one attached hydrogen (secondary N) is 1. The van der Waals surface area contributed by atoms with Crippen molar-refractivity contribution in [2.45, 2.75) is 13.8 Å². The van der Waals surface area contributed by atoms with Gasteiger partial charge in [-0.15, -0.1) is 0 Å². The number of rotatable bonds is 2. The number of para-hydroxylation sites is 1. The van der Waals surface area contributed by atoms with E-state index in [1.165, 1.54) is 17.8 Å². The van der Waals surface area contributed by atoms with Crippen molar-refractivity contribution in [2.75, 3.05) is 5.32 Å². The fraction of sp³-hybridized carbons (Fsp3) is 0.154.